The fraction of sp³-hybridized carbons (Fsp3) is 0.500. The highest BCUT2D eigenvalue weighted by Gasteiger charge is 2.24. The van der Waals surface area contributed by atoms with Crippen molar-refractivity contribution in [1.29, 1.82) is 0 Å². The number of nitrogen functional groups attached to an aromatic ring is 1. The first-order chi connectivity index (χ1) is 7.00. The van der Waals surface area contributed by atoms with Gasteiger partial charge in [-0.05, 0) is 6.92 Å². The van der Waals surface area contributed by atoms with Crippen LogP contribution in [0, 0.1) is 5.82 Å². The summed E-state index contributed by atoms with van der Waals surface area (Å²) in [6, 6.07) is 0. The Kier molecular flexibility index (Phi) is 3.38. The molecule has 0 fully saturated rings. The summed E-state index contributed by atoms with van der Waals surface area (Å²) in [5.41, 5.74) is 4.22. The van der Waals surface area contributed by atoms with E-state index in [1.165, 1.54) is 6.92 Å². The van der Waals surface area contributed by atoms with Crippen LogP contribution in [0.3, 0.4) is 0 Å². The largest absolute Gasteiger partial charge is 0.394 e. The van der Waals surface area contributed by atoms with E-state index < -0.39 is 11.4 Å². The van der Waals surface area contributed by atoms with E-state index in [1.807, 2.05) is 0 Å². The van der Waals surface area contributed by atoms with Gasteiger partial charge < -0.3 is 21.3 Å². The number of rotatable bonds is 4. The molecule has 1 heterocycles. The Morgan fingerprint density at radius 3 is 2.67 bits per heavy atom. The van der Waals surface area contributed by atoms with Crippen LogP contribution in [0.5, 0.6) is 0 Å². The monoisotopic (exact) mass is 216 g/mol. The van der Waals surface area contributed by atoms with Crippen molar-refractivity contribution in [2.45, 2.75) is 12.5 Å². The Morgan fingerprint density at radius 2 is 2.13 bits per heavy atom. The number of nitrogens with zero attached hydrogens (tertiary/aromatic N) is 2. The molecule has 0 saturated carbocycles. The molecule has 0 saturated heterocycles. The molecule has 0 spiro atoms. The number of aromatic nitrogens is 2. The Morgan fingerprint density at radius 1 is 1.53 bits per heavy atom. The maximum Gasteiger partial charge on any atom is 0.222 e. The lowest BCUT2D eigenvalue weighted by Crippen LogP contribution is -2.43. The number of nitrogens with two attached hydrogens (primary N) is 1. The van der Waals surface area contributed by atoms with Gasteiger partial charge in [-0.1, -0.05) is 0 Å². The first-order valence-corrected chi connectivity index (χ1v) is 4.28. The lowest BCUT2D eigenvalue weighted by molar-refractivity contribution is 0.147. The van der Waals surface area contributed by atoms with Gasteiger partial charge in [-0.2, -0.15) is 4.98 Å². The second-order valence-corrected chi connectivity index (χ2v) is 3.43. The van der Waals surface area contributed by atoms with Gasteiger partial charge in [-0.15, -0.1) is 0 Å². The van der Waals surface area contributed by atoms with Crippen LogP contribution in [-0.2, 0) is 0 Å². The number of nitrogens with one attached hydrogen (secondary N) is 1. The molecule has 1 aromatic rings. The smallest absolute Gasteiger partial charge is 0.222 e. The Hall–Kier alpha value is -1.47. The molecule has 7 heteroatoms. The summed E-state index contributed by atoms with van der Waals surface area (Å²) >= 11 is 0. The predicted octanol–water partition coefficient (Wildman–Crippen LogP) is -0.647. The first kappa shape index (κ1) is 11.6. The third kappa shape index (κ3) is 2.74. The van der Waals surface area contributed by atoms with Crippen LogP contribution in [0.15, 0.2) is 6.20 Å². The number of hydrogen-bond donors (Lipinski definition) is 4. The summed E-state index contributed by atoms with van der Waals surface area (Å²) in [7, 11) is 0. The van der Waals surface area contributed by atoms with Crippen molar-refractivity contribution in [2.24, 2.45) is 0 Å². The van der Waals surface area contributed by atoms with E-state index in [9.17, 15) is 4.39 Å². The van der Waals surface area contributed by atoms with E-state index in [1.54, 1.807) is 0 Å². The second-order valence-electron chi connectivity index (χ2n) is 3.43. The third-order valence-corrected chi connectivity index (χ3v) is 1.88. The van der Waals surface area contributed by atoms with Crippen molar-refractivity contribution in [2.75, 3.05) is 24.3 Å². The topological polar surface area (TPSA) is 104 Å². The number of anilines is 2. The van der Waals surface area contributed by atoms with Crippen molar-refractivity contribution in [3.63, 3.8) is 0 Å². The van der Waals surface area contributed by atoms with Gasteiger partial charge in [-0.25, -0.2) is 9.37 Å². The van der Waals surface area contributed by atoms with Crippen molar-refractivity contribution in [3.05, 3.63) is 12.0 Å². The molecule has 0 atom stereocenters. The summed E-state index contributed by atoms with van der Waals surface area (Å²) in [6.07, 6.45) is 0.917. The molecule has 5 N–H and O–H groups in total. The van der Waals surface area contributed by atoms with Crippen molar-refractivity contribution < 1.29 is 14.6 Å². The van der Waals surface area contributed by atoms with E-state index in [0.717, 1.165) is 6.20 Å². The zero-order valence-electron chi connectivity index (χ0n) is 8.24. The normalized spacial score (nSPS) is 11.5. The molecular weight excluding hydrogens is 203 g/mol. The average Bonchev–Trinajstić information content (AvgIpc) is 2.23. The molecule has 0 aliphatic rings. The average molecular weight is 216 g/mol. The molecule has 0 radical (unpaired) electrons. The Balaban J connectivity index is 2.92. The van der Waals surface area contributed by atoms with Crippen molar-refractivity contribution >= 4 is 11.8 Å². The Labute approximate surface area is 86.0 Å². The van der Waals surface area contributed by atoms with Crippen LogP contribution in [0.4, 0.5) is 16.2 Å². The maximum absolute atomic E-state index is 13.2. The summed E-state index contributed by atoms with van der Waals surface area (Å²) in [5, 5.41) is 20.5. The van der Waals surface area contributed by atoms with Crippen LogP contribution < -0.4 is 11.1 Å². The molecule has 1 rings (SSSR count). The third-order valence-electron chi connectivity index (χ3n) is 1.88. The molecule has 0 aliphatic carbocycles. The molecule has 6 nitrogen and oxygen atoms in total. The van der Waals surface area contributed by atoms with E-state index in [-0.39, 0.29) is 25.0 Å². The van der Waals surface area contributed by atoms with Crippen LogP contribution in [0.1, 0.15) is 6.92 Å². The van der Waals surface area contributed by atoms with Crippen LogP contribution in [0.25, 0.3) is 0 Å². The van der Waals surface area contributed by atoms with Gasteiger partial charge in [0.1, 0.15) is 0 Å². The second kappa shape index (κ2) is 4.37. The summed E-state index contributed by atoms with van der Waals surface area (Å²) < 4.78 is 13.2. The number of aliphatic hydroxyl groups is 2. The first-order valence-electron chi connectivity index (χ1n) is 4.28. The molecule has 0 amide bonds. The maximum atomic E-state index is 13.2. The standard InChI is InChI=1S/C8H13FN4O2/c1-8(3-14,4-15)13-6-5(9)2-11-7(10)12-6/h2,14-15H,3-4H2,1H3,(H3,10,11,12,13). The van der Waals surface area contributed by atoms with Gasteiger partial charge in [0.15, 0.2) is 11.6 Å². The van der Waals surface area contributed by atoms with E-state index in [2.05, 4.69) is 15.3 Å². The van der Waals surface area contributed by atoms with Gasteiger partial charge in [0.25, 0.3) is 0 Å². The van der Waals surface area contributed by atoms with Crippen molar-refractivity contribution in [3.8, 4) is 0 Å². The molecular formula is C8H13FN4O2. The lowest BCUT2D eigenvalue weighted by atomic mass is 10.1. The molecule has 0 unspecified atom stereocenters. The summed E-state index contributed by atoms with van der Waals surface area (Å²) in [4.78, 5) is 7.06. The van der Waals surface area contributed by atoms with Gasteiger partial charge in [0.2, 0.25) is 5.95 Å². The number of aliphatic hydroxyl groups excluding tert-OH is 2. The van der Waals surface area contributed by atoms with Crippen LogP contribution in [0.2, 0.25) is 0 Å². The van der Waals surface area contributed by atoms with Crippen LogP contribution in [-0.4, -0.2) is 38.9 Å². The molecule has 0 aliphatic heterocycles. The van der Waals surface area contributed by atoms with E-state index in [4.69, 9.17) is 15.9 Å². The number of halogens is 1. The molecule has 0 aromatic carbocycles. The lowest BCUT2D eigenvalue weighted by Gasteiger charge is -2.26. The van der Waals surface area contributed by atoms with Gasteiger partial charge >= 0.3 is 0 Å². The van der Waals surface area contributed by atoms with Crippen LogP contribution >= 0.6 is 0 Å². The highest BCUT2D eigenvalue weighted by molar-refractivity contribution is 5.41. The Bertz CT molecular complexity index is 343. The quantitative estimate of drug-likeness (QED) is 0.533. The minimum Gasteiger partial charge on any atom is -0.394 e. The van der Waals surface area contributed by atoms with Gasteiger partial charge in [-0.3, -0.25) is 0 Å². The van der Waals surface area contributed by atoms with Crippen molar-refractivity contribution in [1.82, 2.24) is 9.97 Å². The minimum absolute atomic E-state index is 0.0860. The molecule has 0 bridgehead atoms. The number of hydrogen-bond acceptors (Lipinski definition) is 6. The SMILES string of the molecule is CC(CO)(CO)Nc1nc(N)ncc1F. The fourth-order valence-electron chi connectivity index (χ4n) is 0.883. The molecule has 15 heavy (non-hydrogen) atoms. The van der Waals surface area contributed by atoms with E-state index >= 15 is 0 Å². The van der Waals surface area contributed by atoms with Gasteiger partial charge in [0.05, 0.1) is 24.9 Å². The minimum atomic E-state index is -1.05. The zero-order chi connectivity index (χ0) is 11.5. The van der Waals surface area contributed by atoms with E-state index in [0.29, 0.717) is 0 Å². The molecule has 1 aromatic heterocycles. The fourth-order valence-corrected chi connectivity index (χ4v) is 0.883. The summed E-state index contributed by atoms with van der Waals surface area (Å²) in [5.74, 6) is -0.928. The van der Waals surface area contributed by atoms with Gasteiger partial charge in [0, 0.05) is 0 Å². The predicted molar refractivity (Wildman–Crippen MR) is 52.6 cm³/mol. The summed E-state index contributed by atoms with van der Waals surface area (Å²) in [6.45, 7) is 0.782. The zero-order valence-corrected chi connectivity index (χ0v) is 8.24. The highest BCUT2D eigenvalue weighted by Crippen LogP contribution is 2.16. The highest BCUT2D eigenvalue weighted by atomic mass is 19.1. The molecule has 84 valence electrons.